The van der Waals surface area contributed by atoms with Gasteiger partial charge in [-0.15, -0.1) is 0 Å². The highest BCUT2D eigenvalue weighted by Gasteiger charge is 2.15. The van der Waals surface area contributed by atoms with E-state index in [9.17, 15) is 18.4 Å². The summed E-state index contributed by atoms with van der Waals surface area (Å²) in [5.74, 6) is -0.322. The number of hydrogen-bond donors (Lipinski definition) is 0. The molecule has 0 atom stereocenters. The molecule has 1 rings (SSSR count). The molecule has 0 bridgehead atoms. The Bertz CT molecular complexity index is 677. The second kappa shape index (κ2) is 11.9. The largest absolute Gasteiger partial charge is 0.490 e. The van der Waals surface area contributed by atoms with Gasteiger partial charge in [-0.3, -0.25) is 9.59 Å². The Balaban J connectivity index is 2.91. The van der Waals surface area contributed by atoms with E-state index in [-0.39, 0.29) is 48.9 Å². The maximum absolute atomic E-state index is 12.5. The summed E-state index contributed by atoms with van der Waals surface area (Å²) in [4.78, 5) is 25.4. The fourth-order valence-electron chi connectivity index (χ4n) is 2.42. The first kappa shape index (κ1) is 23.4. The second-order valence-electron chi connectivity index (χ2n) is 6.36. The van der Waals surface area contributed by atoms with Crippen LogP contribution < -0.4 is 9.47 Å². The molecule has 0 saturated heterocycles. The first-order valence-corrected chi connectivity index (χ1v) is 9.02. The van der Waals surface area contributed by atoms with Crippen molar-refractivity contribution in [3.63, 3.8) is 0 Å². The van der Waals surface area contributed by atoms with Crippen molar-refractivity contribution in [3.05, 3.63) is 29.8 Å². The van der Waals surface area contributed by atoms with Crippen molar-refractivity contribution in [2.75, 3.05) is 26.8 Å². The molecule has 6 nitrogen and oxygen atoms in total. The van der Waals surface area contributed by atoms with Crippen molar-refractivity contribution < 1.29 is 32.6 Å². The van der Waals surface area contributed by atoms with E-state index in [0.717, 1.165) is 0 Å². The van der Waals surface area contributed by atoms with Crippen molar-refractivity contribution in [2.45, 2.75) is 33.8 Å². The summed E-state index contributed by atoms with van der Waals surface area (Å²) in [7, 11) is 1.30. The lowest BCUT2D eigenvalue weighted by Crippen LogP contribution is -2.34. The first-order valence-electron chi connectivity index (χ1n) is 9.02. The number of ether oxygens (including phenoxy) is 3. The summed E-state index contributed by atoms with van der Waals surface area (Å²) in [5, 5.41) is 0. The quantitative estimate of drug-likeness (QED) is 0.419. The molecule has 0 aliphatic carbocycles. The minimum atomic E-state index is -2.96. The Morgan fingerprint density at radius 2 is 1.93 bits per heavy atom. The minimum Gasteiger partial charge on any atom is -0.490 e. The molecule has 28 heavy (non-hydrogen) atoms. The summed E-state index contributed by atoms with van der Waals surface area (Å²) in [6.07, 6.45) is 3.04. The summed E-state index contributed by atoms with van der Waals surface area (Å²) in [5.41, 5.74) is 0.593. The third-order valence-electron chi connectivity index (χ3n) is 3.61. The van der Waals surface area contributed by atoms with Crippen LogP contribution in [-0.4, -0.2) is 50.2 Å². The van der Waals surface area contributed by atoms with Crippen LogP contribution >= 0.6 is 0 Å². The number of hydrogen-bond acceptors (Lipinski definition) is 5. The van der Waals surface area contributed by atoms with Crippen LogP contribution in [0.3, 0.4) is 0 Å². The number of carbonyl (C=O) groups is 2. The lowest BCUT2D eigenvalue weighted by atomic mass is 10.1. The van der Waals surface area contributed by atoms with Crippen LogP contribution in [0.5, 0.6) is 11.5 Å². The van der Waals surface area contributed by atoms with E-state index < -0.39 is 6.61 Å². The predicted octanol–water partition coefficient (Wildman–Crippen LogP) is 3.75. The lowest BCUT2D eigenvalue weighted by Gasteiger charge is -2.22. The van der Waals surface area contributed by atoms with Gasteiger partial charge in [0.2, 0.25) is 5.91 Å². The smallest absolute Gasteiger partial charge is 0.387 e. The molecule has 0 N–H and O–H groups in total. The number of nitrogens with zero attached hydrogens (tertiary/aromatic N) is 1. The minimum absolute atomic E-state index is 0.0696. The normalized spacial score (nSPS) is 11.1. The maximum atomic E-state index is 12.5. The summed E-state index contributed by atoms with van der Waals surface area (Å²) < 4.78 is 39.3. The molecule has 1 amide bonds. The van der Waals surface area contributed by atoms with Gasteiger partial charge in [0, 0.05) is 19.2 Å². The lowest BCUT2D eigenvalue weighted by molar-refractivity contribution is -0.141. The first-order chi connectivity index (χ1) is 13.3. The molecule has 0 aliphatic heterocycles. The average molecular weight is 399 g/mol. The van der Waals surface area contributed by atoms with Crippen LogP contribution in [-0.2, 0) is 14.3 Å². The molecule has 0 radical (unpaired) electrons. The molecule has 0 aliphatic rings. The molecule has 0 fully saturated rings. The van der Waals surface area contributed by atoms with Crippen LogP contribution in [0.2, 0.25) is 0 Å². The summed E-state index contributed by atoms with van der Waals surface area (Å²) >= 11 is 0. The Labute approximate surface area is 164 Å². The number of halogens is 2. The van der Waals surface area contributed by atoms with E-state index in [2.05, 4.69) is 9.47 Å². The van der Waals surface area contributed by atoms with Crippen LogP contribution in [0.25, 0.3) is 6.08 Å². The molecule has 0 aromatic heterocycles. The molecular formula is C20H27F2NO5. The van der Waals surface area contributed by atoms with E-state index in [1.54, 1.807) is 24.0 Å². The third-order valence-corrected chi connectivity index (χ3v) is 3.61. The Morgan fingerprint density at radius 3 is 2.50 bits per heavy atom. The molecule has 1 aromatic carbocycles. The number of amides is 1. The third kappa shape index (κ3) is 8.37. The van der Waals surface area contributed by atoms with Gasteiger partial charge in [0.15, 0.2) is 11.5 Å². The van der Waals surface area contributed by atoms with Crippen molar-refractivity contribution >= 4 is 18.0 Å². The number of methoxy groups -OCH3 is 1. The topological polar surface area (TPSA) is 65.1 Å². The number of benzene rings is 1. The van der Waals surface area contributed by atoms with Gasteiger partial charge >= 0.3 is 12.6 Å². The fourth-order valence-corrected chi connectivity index (χ4v) is 2.42. The molecular weight excluding hydrogens is 372 g/mol. The molecule has 0 unspecified atom stereocenters. The second-order valence-corrected chi connectivity index (χ2v) is 6.36. The fraction of sp³-hybridized carbons (Fsp3) is 0.500. The maximum Gasteiger partial charge on any atom is 0.387 e. The molecule has 0 heterocycles. The van der Waals surface area contributed by atoms with Gasteiger partial charge in [-0.2, -0.15) is 8.78 Å². The zero-order chi connectivity index (χ0) is 21.1. The predicted molar refractivity (Wildman–Crippen MR) is 101 cm³/mol. The standard InChI is InChI=1S/C20H27F2NO5/c1-5-27-17-12-15(6-8-16(17)28-20(21)22)7-9-18(24)23(13-14(2)3)11-10-19(25)26-4/h6-9,12,14,20H,5,10-11,13H2,1-4H3/b9-7+. The Kier molecular flexibility index (Phi) is 9.98. The summed E-state index contributed by atoms with van der Waals surface area (Å²) in [6.45, 7) is 3.73. The van der Waals surface area contributed by atoms with Crippen molar-refractivity contribution in [2.24, 2.45) is 5.92 Å². The van der Waals surface area contributed by atoms with Gasteiger partial charge in [-0.25, -0.2) is 0 Å². The highest BCUT2D eigenvalue weighted by Crippen LogP contribution is 2.30. The van der Waals surface area contributed by atoms with Gasteiger partial charge in [-0.05, 0) is 36.6 Å². The molecule has 156 valence electrons. The van der Waals surface area contributed by atoms with Crippen molar-refractivity contribution in [1.29, 1.82) is 0 Å². The van der Waals surface area contributed by atoms with Crippen molar-refractivity contribution in [1.82, 2.24) is 4.90 Å². The highest BCUT2D eigenvalue weighted by atomic mass is 19.3. The SMILES string of the molecule is CCOc1cc(/C=C/C(=O)N(CCC(=O)OC)CC(C)C)ccc1OC(F)F. The van der Waals surface area contributed by atoms with Gasteiger partial charge in [0.05, 0.1) is 20.1 Å². The highest BCUT2D eigenvalue weighted by molar-refractivity contribution is 5.92. The zero-order valence-electron chi connectivity index (χ0n) is 16.6. The number of alkyl halides is 2. The number of esters is 1. The average Bonchev–Trinajstić information content (AvgIpc) is 2.64. The molecule has 0 spiro atoms. The van der Waals surface area contributed by atoms with Gasteiger partial charge in [0.25, 0.3) is 0 Å². The molecule has 8 heteroatoms. The van der Waals surface area contributed by atoms with Crippen LogP contribution in [0.4, 0.5) is 8.78 Å². The van der Waals surface area contributed by atoms with Gasteiger partial charge < -0.3 is 19.1 Å². The number of carbonyl (C=O) groups excluding carboxylic acids is 2. The van der Waals surface area contributed by atoms with Crippen LogP contribution in [0.1, 0.15) is 32.8 Å². The van der Waals surface area contributed by atoms with Gasteiger partial charge in [0.1, 0.15) is 0 Å². The van der Waals surface area contributed by atoms with Gasteiger partial charge in [-0.1, -0.05) is 19.9 Å². The Hall–Kier alpha value is -2.64. The number of rotatable bonds is 11. The van der Waals surface area contributed by atoms with Crippen LogP contribution in [0, 0.1) is 5.92 Å². The Morgan fingerprint density at radius 1 is 1.21 bits per heavy atom. The molecule has 1 aromatic rings. The van der Waals surface area contributed by atoms with E-state index in [4.69, 9.17) is 4.74 Å². The van der Waals surface area contributed by atoms with E-state index in [1.807, 2.05) is 13.8 Å². The van der Waals surface area contributed by atoms with E-state index >= 15 is 0 Å². The van der Waals surface area contributed by atoms with E-state index in [0.29, 0.717) is 12.1 Å². The van der Waals surface area contributed by atoms with E-state index in [1.165, 1.54) is 25.3 Å². The van der Waals surface area contributed by atoms with Crippen molar-refractivity contribution in [3.8, 4) is 11.5 Å². The summed E-state index contributed by atoms with van der Waals surface area (Å²) in [6, 6.07) is 4.43. The zero-order valence-corrected chi connectivity index (χ0v) is 16.6. The molecule has 0 saturated carbocycles. The monoisotopic (exact) mass is 399 g/mol. The van der Waals surface area contributed by atoms with Crippen LogP contribution in [0.15, 0.2) is 24.3 Å².